The van der Waals surface area contributed by atoms with Crippen LogP contribution in [0.2, 0.25) is 0 Å². The second kappa shape index (κ2) is 4.28. The van der Waals surface area contributed by atoms with E-state index in [9.17, 15) is 9.59 Å². The van der Waals surface area contributed by atoms with Crippen LogP contribution < -0.4 is 32.5 Å². The summed E-state index contributed by atoms with van der Waals surface area (Å²) < 4.78 is 5.43. The molecule has 0 aromatic carbocycles. The van der Waals surface area contributed by atoms with Gasteiger partial charge in [-0.25, -0.2) is 0 Å². The first-order chi connectivity index (χ1) is 8.02. The van der Waals surface area contributed by atoms with E-state index in [4.69, 9.17) is 0 Å². The van der Waals surface area contributed by atoms with Crippen molar-refractivity contribution >= 4 is 11.2 Å². The number of hydrogen-bond donors (Lipinski definition) is 0. The molecule has 2 heterocycles. The molecule has 0 N–H and O–H groups in total. The van der Waals surface area contributed by atoms with E-state index >= 15 is 0 Å². The monoisotopic (exact) mass is 349 g/mol. The molecular formula is C10H14IN4O2-. The van der Waals surface area contributed by atoms with Gasteiger partial charge in [0.25, 0.3) is 0 Å². The number of hydrogen-bond acceptors (Lipinski definition) is 3. The first-order valence-corrected chi connectivity index (χ1v) is 8.42. The molecule has 0 fully saturated rings. The molecule has 0 amide bonds. The van der Waals surface area contributed by atoms with Crippen molar-refractivity contribution in [2.75, 3.05) is 4.93 Å². The molecule has 0 radical (unpaired) electrons. The van der Waals surface area contributed by atoms with Gasteiger partial charge >= 0.3 is 108 Å². The molecule has 0 saturated heterocycles. The predicted molar refractivity (Wildman–Crippen MR) is 60.5 cm³/mol. The number of imidazole rings is 1. The van der Waals surface area contributed by atoms with E-state index in [1.54, 1.807) is 7.05 Å². The Morgan fingerprint density at radius 3 is 2.41 bits per heavy atom. The van der Waals surface area contributed by atoms with Crippen molar-refractivity contribution in [2.45, 2.75) is 13.5 Å². The molecule has 0 bridgehead atoms. The van der Waals surface area contributed by atoms with Gasteiger partial charge in [0, 0.05) is 0 Å². The predicted octanol–water partition coefficient (Wildman–Crippen LogP) is -3.66. The molecular weight excluding hydrogens is 335 g/mol. The number of aromatic nitrogens is 4. The summed E-state index contributed by atoms with van der Waals surface area (Å²) in [5, 5.41) is 0. The van der Waals surface area contributed by atoms with E-state index in [0.29, 0.717) is 17.7 Å². The summed E-state index contributed by atoms with van der Waals surface area (Å²) in [6.07, 6.45) is 0. The third-order valence-corrected chi connectivity index (χ3v) is 4.58. The van der Waals surface area contributed by atoms with Crippen molar-refractivity contribution in [1.82, 2.24) is 18.7 Å². The standard InChI is InChI=1S/C10H14IN4O2/c1-5-15-6-7(12-9(15)11-2)13(3)10(17)14(4)8(6)16/h5H2,1-4H3/q-1. The average Bonchev–Trinajstić information content (AvgIpc) is 2.72. The second-order valence-corrected chi connectivity index (χ2v) is 5.74. The quantitative estimate of drug-likeness (QED) is 0.319. The fourth-order valence-electron chi connectivity index (χ4n) is 1.85. The first kappa shape index (κ1) is 12.3. The summed E-state index contributed by atoms with van der Waals surface area (Å²) in [6.45, 7) is 2.68. The van der Waals surface area contributed by atoms with Crippen LogP contribution in [0.5, 0.6) is 0 Å². The zero-order chi connectivity index (χ0) is 12.7. The van der Waals surface area contributed by atoms with Gasteiger partial charge in [0.1, 0.15) is 0 Å². The van der Waals surface area contributed by atoms with Gasteiger partial charge in [-0.15, -0.1) is 0 Å². The SMILES string of the molecule is CCn1c([I-]C)nc2c1c(=O)n(C)c(=O)n2C. The molecule has 7 heteroatoms. The fourth-order valence-corrected chi connectivity index (χ4v) is 3.49. The van der Waals surface area contributed by atoms with Crippen LogP contribution in [0.15, 0.2) is 9.59 Å². The molecule has 0 unspecified atom stereocenters. The summed E-state index contributed by atoms with van der Waals surface area (Å²) in [5.41, 5.74) is 0.440. The Balaban J connectivity index is 3.10. The van der Waals surface area contributed by atoms with Crippen LogP contribution in [-0.2, 0) is 20.6 Å². The molecule has 0 aliphatic carbocycles. The second-order valence-electron chi connectivity index (χ2n) is 3.69. The van der Waals surface area contributed by atoms with E-state index in [2.05, 4.69) is 9.91 Å². The van der Waals surface area contributed by atoms with Crippen molar-refractivity contribution in [3.8, 4) is 0 Å². The molecule has 94 valence electrons. The zero-order valence-corrected chi connectivity index (χ0v) is 12.3. The molecule has 0 aliphatic rings. The molecule has 0 aliphatic heterocycles. The summed E-state index contributed by atoms with van der Waals surface area (Å²) in [5.74, 6) is 0. The van der Waals surface area contributed by atoms with Crippen LogP contribution in [0.4, 0.5) is 0 Å². The zero-order valence-electron chi connectivity index (χ0n) is 10.2. The number of fused-ring (bicyclic) bond motifs is 1. The van der Waals surface area contributed by atoms with Crippen LogP contribution in [0.1, 0.15) is 6.92 Å². The maximum atomic E-state index is 12.1. The molecule has 2 rings (SSSR count). The van der Waals surface area contributed by atoms with Crippen molar-refractivity contribution < 1.29 is 21.2 Å². The van der Waals surface area contributed by atoms with Gasteiger partial charge in [-0.3, -0.25) is 0 Å². The van der Waals surface area contributed by atoms with Gasteiger partial charge in [-0.1, -0.05) is 0 Å². The van der Waals surface area contributed by atoms with Gasteiger partial charge in [0.05, 0.1) is 0 Å². The van der Waals surface area contributed by atoms with Crippen LogP contribution in [0.25, 0.3) is 11.2 Å². The number of alkyl halides is 1. The van der Waals surface area contributed by atoms with E-state index in [1.165, 1.54) is 11.6 Å². The van der Waals surface area contributed by atoms with E-state index in [0.717, 1.165) is 8.40 Å². The molecule has 2 aromatic rings. The van der Waals surface area contributed by atoms with E-state index < -0.39 is 0 Å². The van der Waals surface area contributed by atoms with Crippen molar-refractivity contribution in [3.63, 3.8) is 0 Å². The van der Waals surface area contributed by atoms with E-state index in [1.807, 2.05) is 11.5 Å². The Bertz CT molecular complexity index is 695. The van der Waals surface area contributed by atoms with E-state index in [-0.39, 0.29) is 32.5 Å². The molecule has 0 saturated carbocycles. The van der Waals surface area contributed by atoms with Gasteiger partial charge in [-0.2, -0.15) is 0 Å². The fraction of sp³-hybridized carbons (Fsp3) is 0.500. The summed E-state index contributed by atoms with van der Waals surface area (Å²) in [4.78, 5) is 30.4. The van der Waals surface area contributed by atoms with Crippen molar-refractivity contribution in [3.05, 3.63) is 24.7 Å². The van der Waals surface area contributed by atoms with Crippen LogP contribution in [0, 0.1) is 3.83 Å². The molecule has 2 aromatic heterocycles. The van der Waals surface area contributed by atoms with Crippen molar-refractivity contribution in [2.24, 2.45) is 14.1 Å². The number of nitrogens with zero attached hydrogens (tertiary/aromatic N) is 4. The third-order valence-electron chi connectivity index (χ3n) is 2.79. The number of aryl methyl sites for hydroxylation is 2. The topological polar surface area (TPSA) is 61.8 Å². The van der Waals surface area contributed by atoms with Crippen LogP contribution >= 0.6 is 0 Å². The normalized spacial score (nSPS) is 11.5. The molecule has 0 spiro atoms. The average molecular weight is 349 g/mol. The Kier molecular flexibility index (Phi) is 3.11. The molecule has 17 heavy (non-hydrogen) atoms. The molecule has 6 nitrogen and oxygen atoms in total. The minimum absolute atomic E-state index is 0.224. The Morgan fingerprint density at radius 1 is 1.24 bits per heavy atom. The maximum absolute atomic E-state index is 12.1. The van der Waals surface area contributed by atoms with Gasteiger partial charge in [0.2, 0.25) is 0 Å². The molecule has 0 atom stereocenters. The number of rotatable bonds is 2. The summed E-state index contributed by atoms with van der Waals surface area (Å²) in [7, 11) is 3.15. The van der Waals surface area contributed by atoms with Gasteiger partial charge in [0.15, 0.2) is 0 Å². The van der Waals surface area contributed by atoms with Gasteiger partial charge in [-0.05, 0) is 0 Å². The van der Waals surface area contributed by atoms with Crippen LogP contribution in [-0.4, -0.2) is 23.6 Å². The van der Waals surface area contributed by atoms with Crippen LogP contribution in [0.3, 0.4) is 0 Å². The minimum atomic E-state index is -0.330. The third kappa shape index (κ3) is 1.63. The number of halogens is 1. The Labute approximate surface area is 108 Å². The first-order valence-electron chi connectivity index (χ1n) is 5.18. The summed E-state index contributed by atoms with van der Waals surface area (Å²) >= 11 is -0.224. The van der Waals surface area contributed by atoms with Crippen molar-refractivity contribution in [1.29, 1.82) is 0 Å². The van der Waals surface area contributed by atoms with Gasteiger partial charge < -0.3 is 0 Å². The Morgan fingerprint density at radius 2 is 1.88 bits per heavy atom. The Hall–Kier alpha value is -1.12. The summed E-state index contributed by atoms with van der Waals surface area (Å²) in [6, 6.07) is 0.